The largest absolute Gasteiger partial charge is 0.469 e. The predicted octanol–water partition coefficient (Wildman–Crippen LogP) is 2.04. The first-order valence-electron chi connectivity index (χ1n) is 5.47. The molecular weight excluding hydrogens is 202 g/mol. The van der Waals surface area contributed by atoms with Crippen molar-refractivity contribution < 1.29 is 9.53 Å². The maximum Gasteiger partial charge on any atom is 0.307 e. The second-order valence-corrected chi connectivity index (χ2v) is 4.05. The van der Waals surface area contributed by atoms with Crippen LogP contribution in [-0.4, -0.2) is 19.1 Å². The lowest BCUT2D eigenvalue weighted by molar-refractivity contribution is -0.141. The fourth-order valence-corrected chi connectivity index (χ4v) is 1.40. The topological polar surface area (TPSA) is 38.3 Å². The molecule has 0 radical (unpaired) electrons. The number of hydrogen-bond donors (Lipinski definition) is 1. The molecule has 1 unspecified atom stereocenters. The van der Waals surface area contributed by atoms with Gasteiger partial charge in [0.05, 0.1) is 13.5 Å². The molecule has 3 nitrogen and oxygen atoms in total. The second kappa shape index (κ2) is 6.28. The van der Waals surface area contributed by atoms with Gasteiger partial charge in [0.1, 0.15) is 0 Å². The Morgan fingerprint density at radius 2 is 2.00 bits per heavy atom. The van der Waals surface area contributed by atoms with Gasteiger partial charge in [0.25, 0.3) is 0 Å². The number of carbonyl (C=O) groups is 1. The van der Waals surface area contributed by atoms with E-state index in [1.807, 2.05) is 6.92 Å². The molecular formula is C13H19NO2. The van der Waals surface area contributed by atoms with Gasteiger partial charge in [-0.25, -0.2) is 0 Å². The van der Waals surface area contributed by atoms with Crippen LogP contribution in [0.25, 0.3) is 0 Å². The van der Waals surface area contributed by atoms with Gasteiger partial charge in [-0.1, -0.05) is 29.8 Å². The molecule has 1 N–H and O–H groups in total. The smallest absolute Gasteiger partial charge is 0.307 e. The molecule has 0 aromatic heterocycles. The monoisotopic (exact) mass is 221 g/mol. The summed E-state index contributed by atoms with van der Waals surface area (Å²) in [5, 5.41) is 3.28. The van der Waals surface area contributed by atoms with Crippen LogP contribution in [-0.2, 0) is 16.1 Å². The van der Waals surface area contributed by atoms with Crippen LogP contribution in [0.15, 0.2) is 24.3 Å². The van der Waals surface area contributed by atoms with Crippen molar-refractivity contribution in [1.82, 2.24) is 5.32 Å². The number of esters is 1. The molecule has 0 heterocycles. The molecule has 0 aliphatic heterocycles. The van der Waals surface area contributed by atoms with Crippen LogP contribution in [0.3, 0.4) is 0 Å². The standard InChI is InChI=1S/C13H19NO2/c1-10-4-6-12(7-5-10)9-14-11(2)8-13(15)16-3/h4-7,11,14H,8-9H2,1-3H3. The van der Waals surface area contributed by atoms with Crippen LogP contribution in [0.4, 0.5) is 0 Å². The third kappa shape index (κ3) is 4.45. The zero-order valence-corrected chi connectivity index (χ0v) is 10.1. The minimum atomic E-state index is -0.177. The molecule has 0 spiro atoms. The summed E-state index contributed by atoms with van der Waals surface area (Å²) < 4.78 is 4.61. The van der Waals surface area contributed by atoms with Crippen molar-refractivity contribution in [2.24, 2.45) is 0 Å². The Bertz CT molecular complexity index is 332. The van der Waals surface area contributed by atoms with E-state index in [0.717, 1.165) is 6.54 Å². The van der Waals surface area contributed by atoms with E-state index in [4.69, 9.17) is 0 Å². The Morgan fingerprint density at radius 3 is 2.56 bits per heavy atom. The van der Waals surface area contributed by atoms with Crippen molar-refractivity contribution in [3.63, 3.8) is 0 Å². The minimum absolute atomic E-state index is 0.133. The lowest BCUT2D eigenvalue weighted by atomic mass is 10.1. The summed E-state index contributed by atoms with van der Waals surface area (Å²) in [5.41, 5.74) is 2.48. The van der Waals surface area contributed by atoms with Gasteiger partial charge in [-0.3, -0.25) is 4.79 Å². The van der Waals surface area contributed by atoms with Gasteiger partial charge in [0.2, 0.25) is 0 Å². The predicted molar refractivity (Wildman–Crippen MR) is 64.1 cm³/mol. The van der Waals surface area contributed by atoms with Gasteiger partial charge in [-0.05, 0) is 19.4 Å². The van der Waals surface area contributed by atoms with Crippen molar-refractivity contribution in [3.8, 4) is 0 Å². The Hall–Kier alpha value is -1.35. The Balaban J connectivity index is 2.34. The zero-order chi connectivity index (χ0) is 12.0. The average Bonchev–Trinajstić information content (AvgIpc) is 2.28. The highest BCUT2D eigenvalue weighted by atomic mass is 16.5. The lowest BCUT2D eigenvalue weighted by Gasteiger charge is -2.12. The average molecular weight is 221 g/mol. The number of rotatable bonds is 5. The van der Waals surface area contributed by atoms with Crippen LogP contribution >= 0.6 is 0 Å². The number of hydrogen-bond acceptors (Lipinski definition) is 3. The highest BCUT2D eigenvalue weighted by Crippen LogP contribution is 2.03. The molecule has 88 valence electrons. The summed E-state index contributed by atoms with van der Waals surface area (Å²) in [4.78, 5) is 11.0. The second-order valence-electron chi connectivity index (χ2n) is 4.05. The molecule has 0 aliphatic rings. The van der Waals surface area contributed by atoms with Crippen LogP contribution < -0.4 is 5.32 Å². The number of carbonyl (C=O) groups excluding carboxylic acids is 1. The first-order valence-corrected chi connectivity index (χ1v) is 5.47. The minimum Gasteiger partial charge on any atom is -0.469 e. The Morgan fingerprint density at radius 1 is 1.38 bits per heavy atom. The van der Waals surface area contributed by atoms with Gasteiger partial charge < -0.3 is 10.1 Å². The number of benzene rings is 1. The molecule has 1 aromatic carbocycles. The molecule has 16 heavy (non-hydrogen) atoms. The third-order valence-corrected chi connectivity index (χ3v) is 2.48. The van der Waals surface area contributed by atoms with E-state index in [1.54, 1.807) is 0 Å². The molecule has 1 atom stereocenters. The molecule has 0 saturated heterocycles. The fourth-order valence-electron chi connectivity index (χ4n) is 1.40. The summed E-state index contributed by atoms with van der Waals surface area (Å²) in [6.07, 6.45) is 0.405. The normalized spacial score (nSPS) is 12.2. The molecule has 1 rings (SSSR count). The van der Waals surface area contributed by atoms with E-state index in [2.05, 4.69) is 41.2 Å². The van der Waals surface area contributed by atoms with Gasteiger partial charge in [-0.2, -0.15) is 0 Å². The van der Waals surface area contributed by atoms with Crippen molar-refractivity contribution in [2.75, 3.05) is 7.11 Å². The molecule has 0 bridgehead atoms. The van der Waals surface area contributed by atoms with Gasteiger partial charge in [0, 0.05) is 12.6 Å². The zero-order valence-electron chi connectivity index (χ0n) is 10.1. The van der Waals surface area contributed by atoms with E-state index < -0.39 is 0 Å². The summed E-state index contributed by atoms with van der Waals surface area (Å²) in [6, 6.07) is 8.48. The SMILES string of the molecule is COC(=O)CC(C)NCc1ccc(C)cc1. The fraction of sp³-hybridized carbons (Fsp3) is 0.462. The number of nitrogens with one attached hydrogen (secondary N) is 1. The molecule has 0 fully saturated rings. The van der Waals surface area contributed by atoms with Crippen LogP contribution in [0.2, 0.25) is 0 Å². The van der Waals surface area contributed by atoms with Crippen LogP contribution in [0.1, 0.15) is 24.5 Å². The van der Waals surface area contributed by atoms with Crippen LogP contribution in [0, 0.1) is 6.92 Å². The molecule has 0 amide bonds. The van der Waals surface area contributed by atoms with Crippen LogP contribution in [0.5, 0.6) is 0 Å². The highest BCUT2D eigenvalue weighted by molar-refractivity contribution is 5.69. The lowest BCUT2D eigenvalue weighted by Crippen LogP contribution is -2.28. The summed E-state index contributed by atoms with van der Waals surface area (Å²) >= 11 is 0. The van der Waals surface area contributed by atoms with Crippen molar-refractivity contribution in [2.45, 2.75) is 32.9 Å². The van der Waals surface area contributed by atoms with Gasteiger partial charge in [-0.15, -0.1) is 0 Å². The van der Waals surface area contributed by atoms with E-state index in [1.165, 1.54) is 18.2 Å². The highest BCUT2D eigenvalue weighted by Gasteiger charge is 2.07. The van der Waals surface area contributed by atoms with Gasteiger partial charge in [0.15, 0.2) is 0 Å². The van der Waals surface area contributed by atoms with E-state index in [-0.39, 0.29) is 12.0 Å². The van der Waals surface area contributed by atoms with E-state index in [9.17, 15) is 4.79 Å². The number of ether oxygens (including phenoxy) is 1. The van der Waals surface area contributed by atoms with E-state index >= 15 is 0 Å². The molecule has 0 saturated carbocycles. The molecule has 1 aromatic rings. The quantitative estimate of drug-likeness (QED) is 0.773. The molecule has 3 heteroatoms. The third-order valence-electron chi connectivity index (χ3n) is 2.48. The maximum atomic E-state index is 11.0. The van der Waals surface area contributed by atoms with Crippen molar-refractivity contribution >= 4 is 5.97 Å². The van der Waals surface area contributed by atoms with Crippen molar-refractivity contribution in [1.29, 1.82) is 0 Å². The first-order chi connectivity index (χ1) is 7.61. The summed E-state index contributed by atoms with van der Waals surface area (Å²) in [7, 11) is 1.41. The Kier molecular flexibility index (Phi) is 4.99. The summed E-state index contributed by atoms with van der Waals surface area (Å²) in [5.74, 6) is -0.177. The Labute approximate surface area is 96.8 Å². The van der Waals surface area contributed by atoms with E-state index in [0.29, 0.717) is 6.42 Å². The van der Waals surface area contributed by atoms with Crippen molar-refractivity contribution in [3.05, 3.63) is 35.4 Å². The number of methoxy groups -OCH3 is 1. The first kappa shape index (κ1) is 12.7. The van der Waals surface area contributed by atoms with Gasteiger partial charge >= 0.3 is 5.97 Å². The maximum absolute atomic E-state index is 11.0. The number of aryl methyl sites for hydroxylation is 1. The molecule has 0 aliphatic carbocycles. The summed E-state index contributed by atoms with van der Waals surface area (Å²) in [6.45, 7) is 4.82.